The van der Waals surface area contributed by atoms with Crippen molar-refractivity contribution in [3.63, 3.8) is 0 Å². The number of hydrogen-bond donors (Lipinski definition) is 0. The summed E-state index contributed by atoms with van der Waals surface area (Å²) in [5, 5.41) is 2.01. The summed E-state index contributed by atoms with van der Waals surface area (Å²) in [6.07, 6.45) is 1.58. The van der Waals surface area contributed by atoms with Crippen LogP contribution in [0.15, 0.2) is 22.5 Å². The Balaban J connectivity index is 2.76. The van der Waals surface area contributed by atoms with E-state index >= 15 is 0 Å². The molecule has 0 radical (unpaired) electrons. The SMILES string of the molecule is COC(=O)C(Cl)=Cc1cccs1. The number of hydrogen-bond acceptors (Lipinski definition) is 3. The van der Waals surface area contributed by atoms with E-state index in [1.807, 2.05) is 17.5 Å². The average Bonchev–Trinajstić information content (AvgIpc) is 2.55. The summed E-state index contributed by atoms with van der Waals surface area (Å²) in [6, 6.07) is 3.76. The molecule has 0 bridgehead atoms. The Morgan fingerprint density at radius 1 is 1.75 bits per heavy atom. The van der Waals surface area contributed by atoms with E-state index < -0.39 is 5.97 Å². The number of carbonyl (C=O) groups excluding carboxylic acids is 1. The first kappa shape index (κ1) is 9.29. The molecule has 0 aromatic carbocycles. The van der Waals surface area contributed by atoms with E-state index in [1.165, 1.54) is 18.4 Å². The van der Waals surface area contributed by atoms with Crippen molar-refractivity contribution in [2.24, 2.45) is 0 Å². The number of methoxy groups -OCH3 is 1. The zero-order chi connectivity index (χ0) is 8.97. The smallest absolute Gasteiger partial charge is 0.349 e. The van der Waals surface area contributed by atoms with Crippen LogP contribution in [-0.2, 0) is 9.53 Å². The van der Waals surface area contributed by atoms with Crippen LogP contribution >= 0.6 is 22.9 Å². The molecule has 0 saturated carbocycles. The average molecular weight is 203 g/mol. The van der Waals surface area contributed by atoms with Crippen LogP contribution in [0, 0.1) is 0 Å². The van der Waals surface area contributed by atoms with E-state index in [1.54, 1.807) is 6.08 Å². The molecule has 0 amide bonds. The zero-order valence-corrected chi connectivity index (χ0v) is 7.98. The predicted molar refractivity (Wildman–Crippen MR) is 50.2 cm³/mol. The molecular formula is C8H7ClO2S. The lowest BCUT2D eigenvalue weighted by molar-refractivity contribution is -0.135. The molecule has 64 valence electrons. The fraction of sp³-hybridized carbons (Fsp3) is 0.125. The number of thiophene rings is 1. The highest BCUT2D eigenvalue weighted by molar-refractivity contribution is 7.10. The third kappa shape index (κ3) is 2.36. The first-order valence-corrected chi connectivity index (χ1v) is 4.49. The first-order valence-electron chi connectivity index (χ1n) is 3.23. The molecule has 0 aliphatic rings. The van der Waals surface area contributed by atoms with Gasteiger partial charge in [0.25, 0.3) is 0 Å². The van der Waals surface area contributed by atoms with Crippen molar-refractivity contribution in [1.82, 2.24) is 0 Å². The van der Waals surface area contributed by atoms with E-state index in [4.69, 9.17) is 11.6 Å². The highest BCUT2D eigenvalue weighted by Gasteiger charge is 2.05. The molecule has 1 aromatic rings. The van der Waals surface area contributed by atoms with Crippen LogP contribution in [0.3, 0.4) is 0 Å². The van der Waals surface area contributed by atoms with Gasteiger partial charge in [-0.15, -0.1) is 11.3 Å². The molecule has 1 aromatic heterocycles. The van der Waals surface area contributed by atoms with Crippen LogP contribution in [0.2, 0.25) is 0 Å². The van der Waals surface area contributed by atoms with Crippen LogP contribution in [0.4, 0.5) is 0 Å². The summed E-state index contributed by atoms with van der Waals surface area (Å²) < 4.78 is 4.43. The Morgan fingerprint density at radius 3 is 3.00 bits per heavy atom. The maximum Gasteiger partial charge on any atom is 0.349 e. The number of carbonyl (C=O) groups is 1. The summed E-state index contributed by atoms with van der Waals surface area (Å²) in [5.74, 6) is -0.509. The second kappa shape index (κ2) is 4.28. The minimum Gasteiger partial charge on any atom is -0.465 e. The monoisotopic (exact) mass is 202 g/mol. The van der Waals surface area contributed by atoms with Gasteiger partial charge in [0.2, 0.25) is 0 Å². The van der Waals surface area contributed by atoms with Crippen molar-refractivity contribution in [2.45, 2.75) is 0 Å². The highest BCUT2D eigenvalue weighted by Crippen LogP contribution is 2.15. The maximum absolute atomic E-state index is 10.8. The van der Waals surface area contributed by atoms with Crippen molar-refractivity contribution in [2.75, 3.05) is 7.11 Å². The number of esters is 1. The highest BCUT2D eigenvalue weighted by atomic mass is 35.5. The molecule has 2 nitrogen and oxygen atoms in total. The van der Waals surface area contributed by atoms with Gasteiger partial charge in [-0.2, -0.15) is 0 Å². The number of ether oxygens (including phenoxy) is 1. The molecule has 0 unspecified atom stereocenters. The predicted octanol–water partition coefficient (Wildman–Crippen LogP) is 2.50. The Morgan fingerprint density at radius 2 is 2.50 bits per heavy atom. The normalized spacial score (nSPS) is 11.3. The lowest BCUT2D eigenvalue weighted by Gasteiger charge is -1.93. The van der Waals surface area contributed by atoms with Crippen LogP contribution in [0.25, 0.3) is 6.08 Å². The molecule has 0 fully saturated rings. The molecule has 0 aliphatic heterocycles. The fourth-order valence-corrected chi connectivity index (χ4v) is 1.57. The lowest BCUT2D eigenvalue weighted by atomic mass is 10.4. The van der Waals surface area contributed by atoms with E-state index in [2.05, 4.69) is 4.74 Å². The van der Waals surface area contributed by atoms with Crippen molar-refractivity contribution >= 4 is 35.0 Å². The van der Waals surface area contributed by atoms with Crippen molar-refractivity contribution in [1.29, 1.82) is 0 Å². The molecule has 0 N–H and O–H groups in total. The summed E-state index contributed by atoms with van der Waals surface area (Å²) in [4.78, 5) is 11.8. The van der Waals surface area contributed by atoms with E-state index in [0.29, 0.717) is 0 Å². The van der Waals surface area contributed by atoms with Gasteiger partial charge in [0.1, 0.15) is 5.03 Å². The Bertz CT molecular complexity index is 290. The second-order valence-corrected chi connectivity index (χ2v) is 3.39. The quantitative estimate of drug-likeness (QED) is 0.544. The van der Waals surface area contributed by atoms with Gasteiger partial charge in [0, 0.05) is 4.88 Å². The Hall–Kier alpha value is -0.800. The van der Waals surface area contributed by atoms with E-state index in [-0.39, 0.29) is 5.03 Å². The maximum atomic E-state index is 10.8. The molecule has 0 aliphatic carbocycles. The van der Waals surface area contributed by atoms with Gasteiger partial charge in [-0.1, -0.05) is 17.7 Å². The topological polar surface area (TPSA) is 26.3 Å². The third-order valence-electron chi connectivity index (χ3n) is 1.19. The zero-order valence-electron chi connectivity index (χ0n) is 6.41. The molecule has 1 heterocycles. The molecule has 1 rings (SSSR count). The van der Waals surface area contributed by atoms with Crippen molar-refractivity contribution in [3.05, 3.63) is 27.4 Å². The summed E-state index contributed by atoms with van der Waals surface area (Å²) in [7, 11) is 1.30. The van der Waals surface area contributed by atoms with Gasteiger partial charge >= 0.3 is 5.97 Å². The largest absolute Gasteiger partial charge is 0.465 e. The Labute approximate surface area is 79.4 Å². The minimum atomic E-state index is -0.509. The Kier molecular flexibility index (Phi) is 3.31. The minimum absolute atomic E-state index is 0.0972. The van der Waals surface area contributed by atoms with Gasteiger partial charge in [0.05, 0.1) is 7.11 Å². The van der Waals surface area contributed by atoms with Crippen LogP contribution in [-0.4, -0.2) is 13.1 Å². The van der Waals surface area contributed by atoms with Gasteiger partial charge in [-0.3, -0.25) is 0 Å². The number of rotatable bonds is 2. The molecule has 0 atom stereocenters. The fourth-order valence-electron chi connectivity index (χ4n) is 0.655. The van der Waals surface area contributed by atoms with Gasteiger partial charge < -0.3 is 4.74 Å². The molecule has 0 spiro atoms. The van der Waals surface area contributed by atoms with Gasteiger partial charge in [-0.25, -0.2) is 4.79 Å². The standard InChI is InChI=1S/C8H7ClO2S/c1-11-8(10)7(9)5-6-3-2-4-12-6/h2-5H,1H3. The second-order valence-electron chi connectivity index (χ2n) is 2.00. The molecule has 4 heteroatoms. The summed E-state index contributed by atoms with van der Waals surface area (Å²) in [5.41, 5.74) is 0. The van der Waals surface area contributed by atoms with E-state index in [0.717, 1.165) is 4.88 Å². The summed E-state index contributed by atoms with van der Waals surface area (Å²) >= 11 is 7.13. The molecular weight excluding hydrogens is 196 g/mol. The van der Waals surface area contributed by atoms with Crippen LogP contribution in [0.5, 0.6) is 0 Å². The molecule has 0 saturated heterocycles. The third-order valence-corrected chi connectivity index (χ3v) is 2.28. The van der Waals surface area contributed by atoms with Crippen LogP contribution < -0.4 is 0 Å². The molecule has 12 heavy (non-hydrogen) atoms. The first-order chi connectivity index (χ1) is 5.74. The van der Waals surface area contributed by atoms with E-state index in [9.17, 15) is 4.79 Å². The van der Waals surface area contributed by atoms with Gasteiger partial charge in [-0.05, 0) is 17.5 Å². The lowest BCUT2D eigenvalue weighted by Crippen LogP contribution is -1.98. The van der Waals surface area contributed by atoms with Crippen molar-refractivity contribution in [3.8, 4) is 0 Å². The van der Waals surface area contributed by atoms with Crippen LogP contribution in [0.1, 0.15) is 4.88 Å². The van der Waals surface area contributed by atoms with Gasteiger partial charge in [0.15, 0.2) is 0 Å². The summed E-state index contributed by atoms with van der Waals surface area (Å²) in [6.45, 7) is 0. The number of halogens is 1. The van der Waals surface area contributed by atoms with Crippen molar-refractivity contribution < 1.29 is 9.53 Å².